The Bertz CT molecular complexity index is 948. The van der Waals surface area contributed by atoms with E-state index in [9.17, 15) is 4.79 Å². The highest BCUT2D eigenvalue weighted by Gasteiger charge is 2.28. The number of likely N-dealkylation sites (tertiary alicyclic amines) is 1. The summed E-state index contributed by atoms with van der Waals surface area (Å²) >= 11 is 0. The number of aryl methyl sites for hydroxylation is 1. The molecule has 4 rings (SSSR count). The maximum atomic E-state index is 13.5. The van der Waals surface area contributed by atoms with E-state index in [1.807, 2.05) is 48.0 Å². The second kappa shape index (κ2) is 7.51. The number of hydrogen-bond acceptors (Lipinski definition) is 3. The fraction of sp³-hybridized carbons (Fsp3) is 0.409. The fourth-order valence-corrected chi connectivity index (χ4v) is 4.06. The molecule has 0 saturated carbocycles. The van der Waals surface area contributed by atoms with Crippen molar-refractivity contribution in [1.29, 1.82) is 0 Å². The van der Waals surface area contributed by atoms with E-state index >= 15 is 0 Å². The minimum absolute atomic E-state index is 0.113. The molecule has 0 radical (unpaired) electrons. The zero-order valence-electron chi connectivity index (χ0n) is 16.1. The Labute approximate surface area is 160 Å². The summed E-state index contributed by atoms with van der Waals surface area (Å²) in [6, 6.07) is 12.3. The molecule has 1 aliphatic heterocycles. The van der Waals surface area contributed by atoms with Crippen LogP contribution in [0.15, 0.2) is 42.6 Å². The topological polar surface area (TPSA) is 51.0 Å². The lowest BCUT2D eigenvalue weighted by atomic mass is 9.98. The zero-order valence-corrected chi connectivity index (χ0v) is 16.1. The quantitative estimate of drug-likeness (QED) is 0.685. The molecule has 5 heteroatoms. The van der Waals surface area contributed by atoms with Crippen LogP contribution in [-0.2, 0) is 6.54 Å². The summed E-state index contributed by atoms with van der Waals surface area (Å²) in [5.41, 5.74) is 3.35. The number of hydrogen-bond donors (Lipinski definition) is 0. The molecule has 0 aliphatic carbocycles. The summed E-state index contributed by atoms with van der Waals surface area (Å²) in [5, 5.41) is 5.31. The van der Waals surface area contributed by atoms with Crippen molar-refractivity contribution in [3.63, 3.8) is 0 Å². The largest absolute Gasteiger partial charge is 0.336 e. The van der Waals surface area contributed by atoms with Gasteiger partial charge >= 0.3 is 0 Å². The summed E-state index contributed by atoms with van der Waals surface area (Å²) in [4.78, 5) is 20.4. The first-order valence-electron chi connectivity index (χ1n) is 9.95. The highest BCUT2D eigenvalue weighted by molar-refractivity contribution is 6.06. The highest BCUT2D eigenvalue weighted by atomic mass is 16.2. The van der Waals surface area contributed by atoms with Crippen LogP contribution in [0, 0.1) is 0 Å². The van der Waals surface area contributed by atoms with Gasteiger partial charge in [0.1, 0.15) is 0 Å². The van der Waals surface area contributed by atoms with E-state index < -0.39 is 0 Å². The number of pyridine rings is 1. The van der Waals surface area contributed by atoms with Crippen molar-refractivity contribution in [2.75, 3.05) is 6.54 Å². The number of nitrogens with zero attached hydrogens (tertiary/aromatic N) is 4. The first-order valence-corrected chi connectivity index (χ1v) is 9.95. The lowest BCUT2D eigenvalue weighted by Gasteiger charge is -2.35. The average molecular weight is 362 g/mol. The van der Waals surface area contributed by atoms with Crippen molar-refractivity contribution in [3.05, 3.63) is 48.2 Å². The van der Waals surface area contributed by atoms with Gasteiger partial charge in [0.2, 0.25) is 0 Å². The van der Waals surface area contributed by atoms with Crippen LogP contribution in [0.3, 0.4) is 0 Å². The van der Waals surface area contributed by atoms with Crippen LogP contribution in [-0.4, -0.2) is 38.2 Å². The summed E-state index contributed by atoms with van der Waals surface area (Å²) in [6.07, 6.45) is 6.17. The standard InChI is InChI=1S/C22H26N4O/c1-3-17-12-8-9-13-25(17)22(27)18-14-20(16-10-6-5-7-11-16)24-21-19(18)15-23-26(21)4-2/h5-7,10-11,14-15,17H,3-4,8-9,12-13H2,1-2H3. The summed E-state index contributed by atoms with van der Waals surface area (Å²) < 4.78 is 1.87. The molecule has 27 heavy (non-hydrogen) atoms. The van der Waals surface area contributed by atoms with Crippen LogP contribution in [0.4, 0.5) is 0 Å². The monoisotopic (exact) mass is 362 g/mol. The van der Waals surface area contributed by atoms with Crippen LogP contribution in [0.25, 0.3) is 22.3 Å². The van der Waals surface area contributed by atoms with Gasteiger partial charge in [0.25, 0.3) is 5.91 Å². The van der Waals surface area contributed by atoms with E-state index in [-0.39, 0.29) is 5.91 Å². The average Bonchev–Trinajstić information content (AvgIpc) is 3.16. The van der Waals surface area contributed by atoms with Crippen LogP contribution in [0.5, 0.6) is 0 Å². The number of benzene rings is 1. The van der Waals surface area contributed by atoms with Crippen LogP contribution in [0.1, 0.15) is 49.9 Å². The predicted molar refractivity (Wildman–Crippen MR) is 108 cm³/mol. The van der Waals surface area contributed by atoms with Crippen molar-refractivity contribution in [3.8, 4) is 11.3 Å². The number of rotatable bonds is 4. The molecule has 0 N–H and O–H groups in total. The van der Waals surface area contributed by atoms with Gasteiger partial charge in [0.15, 0.2) is 5.65 Å². The summed E-state index contributed by atoms with van der Waals surface area (Å²) in [7, 11) is 0. The SMILES string of the molecule is CCC1CCCCN1C(=O)c1cc(-c2ccccc2)nc2c1cnn2CC. The van der Waals surface area contributed by atoms with Gasteiger partial charge in [-0.3, -0.25) is 4.79 Å². The Morgan fingerprint density at radius 1 is 1.19 bits per heavy atom. The maximum absolute atomic E-state index is 13.5. The molecule has 1 atom stereocenters. The number of piperidine rings is 1. The Balaban J connectivity index is 1.86. The Hall–Kier alpha value is -2.69. The number of amides is 1. The van der Waals surface area contributed by atoms with Gasteiger partial charge in [-0.1, -0.05) is 37.3 Å². The van der Waals surface area contributed by atoms with Crippen molar-refractivity contribution in [2.24, 2.45) is 0 Å². The van der Waals surface area contributed by atoms with E-state index in [0.717, 1.165) is 60.2 Å². The van der Waals surface area contributed by atoms with Crippen LogP contribution >= 0.6 is 0 Å². The summed E-state index contributed by atoms with van der Waals surface area (Å²) in [6.45, 7) is 5.78. The van der Waals surface area contributed by atoms with Gasteiger partial charge in [-0.25, -0.2) is 9.67 Å². The van der Waals surface area contributed by atoms with Crippen LogP contribution in [0.2, 0.25) is 0 Å². The molecular weight excluding hydrogens is 336 g/mol. The number of carbonyl (C=O) groups is 1. The predicted octanol–water partition coefficient (Wildman–Crippen LogP) is 4.52. The van der Waals surface area contributed by atoms with E-state index in [4.69, 9.17) is 4.98 Å². The third-order valence-corrected chi connectivity index (χ3v) is 5.57. The second-order valence-corrected chi connectivity index (χ2v) is 7.18. The normalized spacial score (nSPS) is 17.4. The van der Waals surface area contributed by atoms with Crippen molar-refractivity contribution >= 4 is 16.9 Å². The Kier molecular flexibility index (Phi) is 4.92. The van der Waals surface area contributed by atoms with Gasteiger partial charge in [-0.05, 0) is 38.7 Å². The van der Waals surface area contributed by atoms with E-state index in [2.05, 4.69) is 16.9 Å². The van der Waals surface area contributed by atoms with Gasteiger partial charge in [0.05, 0.1) is 22.8 Å². The summed E-state index contributed by atoms with van der Waals surface area (Å²) in [5.74, 6) is 0.113. The third kappa shape index (κ3) is 3.22. The molecule has 1 unspecified atom stereocenters. The second-order valence-electron chi connectivity index (χ2n) is 7.18. The van der Waals surface area contributed by atoms with Crippen molar-refractivity contribution in [1.82, 2.24) is 19.7 Å². The minimum Gasteiger partial charge on any atom is -0.336 e. The molecule has 3 aromatic rings. The molecule has 0 spiro atoms. The minimum atomic E-state index is 0.113. The molecular formula is C22H26N4O. The molecule has 0 bridgehead atoms. The molecule has 1 amide bonds. The lowest BCUT2D eigenvalue weighted by molar-refractivity contribution is 0.0610. The molecule has 1 saturated heterocycles. The molecule has 140 valence electrons. The fourth-order valence-electron chi connectivity index (χ4n) is 4.06. The van der Waals surface area contributed by atoms with E-state index in [1.165, 1.54) is 6.42 Å². The number of fused-ring (bicyclic) bond motifs is 1. The lowest BCUT2D eigenvalue weighted by Crippen LogP contribution is -2.43. The number of carbonyl (C=O) groups excluding carboxylic acids is 1. The first-order chi connectivity index (χ1) is 13.2. The van der Waals surface area contributed by atoms with Gasteiger partial charge < -0.3 is 4.90 Å². The molecule has 1 aliphatic rings. The van der Waals surface area contributed by atoms with Gasteiger partial charge in [-0.2, -0.15) is 5.10 Å². The molecule has 1 fully saturated rings. The first kappa shape index (κ1) is 17.7. The van der Waals surface area contributed by atoms with Crippen molar-refractivity contribution in [2.45, 2.75) is 52.1 Å². The van der Waals surface area contributed by atoms with Gasteiger partial charge in [-0.15, -0.1) is 0 Å². The highest BCUT2D eigenvalue weighted by Crippen LogP contribution is 2.28. The Morgan fingerprint density at radius 2 is 2.00 bits per heavy atom. The zero-order chi connectivity index (χ0) is 18.8. The van der Waals surface area contributed by atoms with Crippen LogP contribution < -0.4 is 0 Å². The smallest absolute Gasteiger partial charge is 0.254 e. The molecule has 1 aromatic carbocycles. The van der Waals surface area contributed by atoms with E-state index in [1.54, 1.807) is 6.20 Å². The molecule has 5 nitrogen and oxygen atoms in total. The van der Waals surface area contributed by atoms with Crippen molar-refractivity contribution < 1.29 is 4.79 Å². The molecule has 3 heterocycles. The van der Waals surface area contributed by atoms with Gasteiger partial charge in [0, 0.05) is 24.7 Å². The molecule has 2 aromatic heterocycles. The number of aromatic nitrogens is 3. The third-order valence-electron chi connectivity index (χ3n) is 5.57. The van der Waals surface area contributed by atoms with E-state index in [0.29, 0.717) is 6.04 Å². The Morgan fingerprint density at radius 3 is 2.74 bits per heavy atom. The maximum Gasteiger partial charge on any atom is 0.254 e.